The fourth-order valence-electron chi connectivity index (χ4n) is 3.30. The molecule has 4 nitrogen and oxygen atoms in total. The van der Waals surface area contributed by atoms with E-state index in [1.165, 1.54) is 17.5 Å². The number of nitrogens with one attached hydrogen (secondary N) is 1. The predicted molar refractivity (Wildman–Crippen MR) is 96.9 cm³/mol. The number of imidazole rings is 1. The Labute approximate surface area is 145 Å². The van der Waals surface area contributed by atoms with Gasteiger partial charge >= 0.3 is 0 Å². The number of benzene rings is 1. The largest absolute Gasteiger partial charge is 0.337 e. The molecule has 5 heteroatoms. The molecule has 1 N–H and O–H groups in total. The van der Waals surface area contributed by atoms with E-state index in [0.717, 1.165) is 38.4 Å². The molecule has 1 saturated heterocycles. The van der Waals surface area contributed by atoms with Crippen LogP contribution in [0.1, 0.15) is 36.3 Å². The molecule has 1 aromatic heterocycles. The second-order valence-electron chi connectivity index (χ2n) is 6.16. The zero-order valence-electron chi connectivity index (χ0n) is 14.0. The number of rotatable bonds is 5. The smallest absolute Gasteiger partial charge is 0.127 e. The van der Waals surface area contributed by atoms with Crippen LogP contribution in [0, 0.1) is 0 Å². The summed E-state index contributed by atoms with van der Waals surface area (Å²) in [5, 5.41) is 3.50. The first-order chi connectivity index (χ1) is 10.8. The zero-order chi connectivity index (χ0) is 15.4. The quantitative estimate of drug-likeness (QED) is 0.912. The van der Waals surface area contributed by atoms with Gasteiger partial charge < -0.3 is 9.88 Å². The molecule has 0 aliphatic carbocycles. The van der Waals surface area contributed by atoms with Crippen molar-refractivity contribution < 1.29 is 0 Å². The second-order valence-corrected chi connectivity index (χ2v) is 6.16. The van der Waals surface area contributed by atoms with Crippen molar-refractivity contribution in [2.45, 2.75) is 32.4 Å². The number of piperazine rings is 1. The van der Waals surface area contributed by atoms with Gasteiger partial charge in [-0.05, 0) is 17.5 Å². The van der Waals surface area contributed by atoms with Crippen LogP contribution in [0.2, 0.25) is 0 Å². The van der Waals surface area contributed by atoms with Crippen LogP contribution >= 0.6 is 12.4 Å². The first kappa shape index (κ1) is 18.0. The van der Waals surface area contributed by atoms with Crippen molar-refractivity contribution >= 4 is 12.4 Å². The van der Waals surface area contributed by atoms with Gasteiger partial charge in [0, 0.05) is 45.6 Å². The summed E-state index contributed by atoms with van der Waals surface area (Å²) < 4.78 is 2.14. The van der Waals surface area contributed by atoms with Crippen molar-refractivity contribution in [2.75, 3.05) is 19.6 Å². The maximum absolute atomic E-state index is 4.56. The van der Waals surface area contributed by atoms with Gasteiger partial charge in [-0.3, -0.25) is 4.90 Å². The van der Waals surface area contributed by atoms with Crippen molar-refractivity contribution in [3.63, 3.8) is 0 Å². The molecule has 2 aromatic rings. The van der Waals surface area contributed by atoms with Crippen LogP contribution in [0.25, 0.3) is 0 Å². The van der Waals surface area contributed by atoms with Gasteiger partial charge in [-0.2, -0.15) is 0 Å². The molecule has 1 fully saturated rings. The summed E-state index contributed by atoms with van der Waals surface area (Å²) in [4.78, 5) is 7.11. The summed E-state index contributed by atoms with van der Waals surface area (Å²) in [6, 6.07) is 9.39. The first-order valence-electron chi connectivity index (χ1n) is 8.27. The second kappa shape index (κ2) is 8.48. The Morgan fingerprint density at radius 2 is 2.13 bits per heavy atom. The molecule has 0 amide bonds. The summed E-state index contributed by atoms with van der Waals surface area (Å²) >= 11 is 0. The summed E-state index contributed by atoms with van der Waals surface area (Å²) in [5.74, 6) is 1.15. The molecule has 126 valence electrons. The normalized spacial score (nSPS) is 18.6. The molecule has 0 spiro atoms. The van der Waals surface area contributed by atoms with Gasteiger partial charge in [0.2, 0.25) is 0 Å². The van der Waals surface area contributed by atoms with Gasteiger partial charge in [0.25, 0.3) is 0 Å². The molecule has 1 aliphatic rings. The van der Waals surface area contributed by atoms with Crippen LogP contribution in [0.5, 0.6) is 0 Å². The van der Waals surface area contributed by atoms with Crippen molar-refractivity contribution in [1.82, 2.24) is 19.8 Å². The number of halogens is 1. The predicted octanol–water partition coefficient (Wildman–Crippen LogP) is 2.94. The van der Waals surface area contributed by atoms with E-state index >= 15 is 0 Å². The van der Waals surface area contributed by atoms with Gasteiger partial charge in [-0.15, -0.1) is 12.4 Å². The van der Waals surface area contributed by atoms with Crippen molar-refractivity contribution in [1.29, 1.82) is 0 Å². The van der Waals surface area contributed by atoms with Gasteiger partial charge in [-0.25, -0.2) is 4.98 Å². The van der Waals surface area contributed by atoms with Crippen molar-refractivity contribution in [2.24, 2.45) is 7.05 Å². The lowest BCUT2D eigenvalue weighted by Crippen LogP contribution is -2.46. The Bertz CT molecular complexity index is 611. The number of hydrogen-bond donors (Lipinski definition) is 1. The van der Waals surface area contributed by atoms with E-state index < -0.39 is 0 Å². The monoisotopic (exact) mass is 334 g/mol. The zero-order valence-corrected chi connectivity index (χ0v) is 14.9. The van der Waals surface area contributed by atoms with Crippen LogP contribution in [0.15, 0.2) is 36.7 Å². The lowest BCUT2D eigenvalue weighted by atomic mass is 10.1. The van der Waals surface area contributed by atoms with Gasteiger partial charge in [-0.1, -0.05) is 37.6 Å². The fourth-order valence-corrected chi connectivity index (χ4v) is 3.30. The minimum Gasteiger partial charge on any atom is -0.337 e. The Kier molecular flexibility index (Phi) is 6.63. The molecule has 2 heterocycles. The lowest BCUT2D eigenvalue weighted by molar-refractivity contribution is 0.144. The molecule has 1 aliphatic heterocycles. The maximum Gasteiger partial charge on any atom is 0.127 e. The van der Waals surface area contributed by atoms with Gasteiger partial charge in [0.05, 0.1) is 6.04 Å². The Balaban J connectivity index is 0.00000192. The molecule has 1 atom stereocenters. The van der Waals surface area contributed by atoms with Crippen LogP contribution < -0.4 is 5.32 Å². The SMILES string of the molecule is CCCc1cccc(CN2CCNCC2c2nccn2C)c1.Cl. The highest BCUT2D eigenvalue weighted by Crippen LogP contribution is 2.23. The Morgan fingerprint density at radius 1 is 1.30 bits per heavy atom. The van der Waals surface area contributed by atoms with E-state index in [9.17, 15) is 0 Å². The van der Waals surface area contributed by atoms with E-state index in [1.54, 1.807) is 0 Å². The molecule has 0 bridgehead atoms. The number of aryl methyl sites for hydroxylation is 2. The first-order valence-corrected chi connectivity index (χ1v) is 8.27. The molecule has 1 aromatic carbocycles. The molecular formula is C18H27ClN4. The third-order valence-corrected chi connectivity index (χ3v) is 4.43. The summed E-state index contributed by atoms with van der Waals surface area (Å²) in [5.41, 5.74) is 2.86. The Morgan fingerprint density at radius 3 is 2.87 bits per heavy atom. The number of hydrogen-bond acceptors (Lipinski definition) is 3. The van der Waals surface area contributed by atoms with E-state index in [0.29, 0.717) is 6.04 Å². The molecule has 1 unspecified atom stereocenters. The standard InChI is InChI=1S/C18H26N4.ClH/c1-3-5-15-6-4-7-16(12-15)14-22-11-8-19-13-17(22)18-20-9-10-21(18)2;/h4,6-7,9-10,12,17,19H,3,5,8,11,13-14H2,1-2H3;1H. The molecule has 0 saturated carbocycles. The van der Waals surface area contributed by atoms with Crippen LogP contribution in [0.4, 0.5) is 0 Å². The van der Waals surface area contributed by atoms with E-state index in [4.69, 9.17) is 0 Å². The molecule has 23 heavy (non-hydrogen) atoms. The Hall–Kier alpha value is -1.36. The summed E-state index contributed by atoms with van der Waals surface area (Å²) in [6.07, 6.45) is 6.29. The third kappa shape index (κ3) is 4.34. The van der Waals surface area contributed by atoms with Crippen molar-refractivity contribution in [3.05, 3.63) is 53.6 Å². The topological polar surface area (TPSA) is 33.1 Å². The van der Waals surface area contributed by atoms with Crippen LogP contribution in [-0.2, 0) is 20.0 Å². The van der Waals surface area contributed by atoms with E-state index in [-0.39, 0.29) is 12.4 Å². The van der Waals surface area contributed by atoms with Crippen molar-refractivity contribution in [3.8, 4) is 0 Å². The highest BCUT2D eigenvalue weighted by molar-refractivity contribution is 5.85. The number of aromatic nitrogens is 2. The minimum atomic E-state index is 0. The van der Waals surface area contributed by atoms with Gasteiger partial charge in [0.15, 0.2) is 0 Å². The minimum absolute atomic E-state index is 0. The lowest BCUT2D eigenvalue weighted by Gasteiger charge is -2.35. The number of nitrogens with zero attached hydrogens (tertiary/aromatic N) is 3. The maximum atomic E-state index is 4.56. The van der Waals surface area contributed by atoms with E-state index in [1.807, 2.05) is 12.4 Å². The summed E-state index contributed by atoms with van der Waals surface area (Å²) in [6.45, 7) is 6.32. The highest BCUT2D eigenvalue weighted by atomic mass is 35.5. The average Bonchev–Trinajstić information content (AvgIpc) is 2.95. The summed E-state index contributed by atoms with van der Waals surface area (Å²) in [7, 11) is 2.08. The van der Waals surface area contributed by atoms with Crippen LogP contribution in [-0.4, -0.2) is 34.1 Å². The third-order valence-electron chi connectivity index (χ3n) is 4.43. The molecule has 3 rings (SSSR count). The average molecular weight is 335 g/mol. The van der Waals surface area contributed by atoms with Crippen LogP contribution in [0.3, 0.4) is 0 Å². The molecule has 0 radical (unpaired) electrons. The van der Waals surface area contributed by atoms with Gasteiger partial charge in [0.1, 0.15) is 5.82 Å². The molecular weight excluding hydrogens is 308 g/mol. The van der Waals surface area contributed by atoms with E-state index in [2.05, 4.69) is 58.0 Å². The fraction of sp³-hybridized carbons (Fsp3) is 0.500. The highest BCUT2D eigenvalue weighted by Gasteiger charge is 2.26.